The van der Waals surface area contributed by atoms with Crippen molar-refractivity contribution in [1.29, 1.82) is 0 Å². The van der Waals surface area contributed by atoms with Crippen LogP contribution in [0.25, 0.3) is 11.5 Å². The standard InChI is InChI=1S/C22H28FN5O2/c1-5-24-21(27-13-19-26-12-18(30-19)22(2,3)4)25-11-10-17-14-29-20(28-17)15-6-8-16(23)9-7-15/h6-9,12,14H,5,10-11,13H2,1-4H3,(H2,24,25,27). The lowest BCUT2D eigenvalue weighted by Gasteiger charge is -2.13. The van der Waals surface area contributed by atoms with Gasteiger partial charge in [-0.05, 0) is 31.2 Å². The van der Waals surface area contributed by atoms with Gasteiger partial charge in [0.1, 0.15) is 24.4 Å². The van der Waals surface area contributed by atoms with E-state index >= 15 is 0 Å². The van der Waals surface area contributed by atoms with Crippen LogP contribution in [0.2, 0.25) is 0 Å². The Hall–Kier alpha value is -3.16. The number of oxazole rings is 2. The highest BCUT2D eigenvalue weighted by atomic mass is 19.1. The third kappa shape index (κ3) is 5.92. The van der Waals surface area contributed by atoms with E-state index in [-0.39, 0.29) is 11.2 Å². The Morgan fingerprint density at radius 3 is 2.60 bits per heavy atom. The summed E-state index contributed by atoms with van der Waals surface area (Å²) in [6.45, 7) is 9.97. The van der Waals surface area contributed by atoms with Crippen LogP contribution >= 0.6 is 0 Å². The lowest BCUT2D eigenvalue weighted by Crippen LogP contribution is -2.38. The first kappa shape index (κ1) is 21.5. The fourth-order valence-corrected chi connectivity index (χ4v) is 2.67. The molecule has 0 radical (unpaired) electrons. The summed E-state index contributed by atoms with van der Waals surface area (Å²) in [6, 6.07) is 6.07. The maximum absolute atomic E-state index is 13.1. The van der Waals surface area contributed by atoms with E-state index in [0.29, 0.717) is 37.3 Å². The average molecular weight is 413 g/mol. The second-order valence-corrected chi connectivity index (χ2v) is 7.89. The molecular formula is C22H28FN5O2. The van der Waals surface area contributed by atoms with Crippen LogP contribution in [0.1, 0.15) is 45.0 Å². The predicted molar refractivity (Wildman–Crippen MR) is 114 cm³/mol. The van der Waals surface area contributed by atoms with Crippen molar-refractivity contribution < 1.29 is 13.2 Å². The quantitative estimate of drug-likeness (QED) is 0.448. The minimum atomic E-state index is -0.288. The number of hydrogen-bond acceptors (Lipinski definition) is 5. The summed E-state index contributed by atoms with van der Waals surface area (Å²) in [5, 5.41) is 6.47. The molecular weight excluding hydrogens is 385 g/mol. The summed E-state index contributed by atoms with van der Waals surface area (Å²) in [5.41, 5.74) is 1.47. The van der Waals surface area contributed by atoms with Gasteiger partial charge in [0.2, 0.25) is 11.8 Å². The van der Waals surface area contributed by atoms with Crippen molar-refractivity contribution >= 4 is 5.96 Å². The molecule has 0 aliphatic heterocycles. The summed E-state index contributed by atoms with van der Waals surface area (Å²) in [4.78, 5) is 13.3. The van der Waals surface area contributed by atoms with Crippen LogP contribution in [0.15, 0.2) is 50.6 Å². The molecule has 0 fully saturated rings. The van der Waals surface area contributed by atoms with Crippen molar-refractivity contribution in [3.63, 3.8) is 0 Å². The fourth-order valence-electron chi connectivity index (χ4n) is 2.67. The van der Waals surface area contributed by atoms with Crippen molar-refractivity contribution in [1.82, 2.24) is 20.6 Å². The number of halogens is 1. The number of benzene rings is 1. The smallest absolute Gasteiger partial charge is 0.226 e. The van der Waals surface area contributed by atoms with Crippen molar-refractivity contribution in [2.24, 2.45) is 4.99 Å². The summed E-state index contributed by atoms with van der Waals surface area (Å²) in [7, 11) is 0. The van der Waals surface area contributed by atoms with Gasteiger partial charge in [-0.1, -0.05) is 20.8 Å². The molecule has 1 aromatic carbocycles. The Bertz CT molecular complexity index is 970. The number of hydrogen-bond donors (Lipinski definition) is 2. The Morgan fingerprint density at radius 2 is 1.93 bits per heavy atom. The van der Waals surface area contributed by atoms with Gasteiger partial charge in [-0.25, -0.2) is 19.4 Å². The summed E-state index contributed by atoms with van der Waals surface area (Å²) < 4.78 is 24.3. The van der Waals surface area contributed by atoms with E-state index in [9.17, 15) is 4.39 Å². The first-order valence-corrected chi connectivity index (χ1v) is 10.0. The molecule has 0 aliphatic carbocycles. The highest BCUT2D eigenvalue weighted by molar-refractivity contribution is 5.79. The Kier molecular flexibility index (Phi) is 6.87. The molecule has 0 saturated heterocycles. The molecule has 0 spiro atoms. The van der Waals surface area contributed by atoms with E-state index in [4.69, 9.17) is 8.83 Å². The van der Waals surface area contributed by atoms with Crippen LogP contribution in [0.4, 0.5) is 4.39 Å². The fraction of sp³-hybridized carbons (Fsp3) is 0.409. The van der Waals surface area contributed by atoms with Gasteiger partial charge < -0.3 is 19.5 Å². The first-order valence-electron chi connectivity index (χ1n) is 10.0. The minimum Gasteiger partial charge on any atom is -0.444 e. The molecule has 160 valence electrons. The van der Waals surface area contributed by atoms with Gasteiger partial charge >= 0.3 is 0 Å². The molecule has 0 aliphatic rings. The zero-order valence-electron chi connectivity index (χ0n) is 17.8. The third-order valence-corrected chi connectivity index (χ3v) is 4.33. The molecule has 0 saturated carbocycles. The van der Waals surface area contributed by atoms with E-state index in [1.807, 2.05) is 6.92 Å². The van der Waals surface area contributed by atoms with E-state index in [1.54, 1.807) is 24.6 Å². The monoisotopic (exact) mass is 413 g/mol. The van der Waals surface area contributed by atoms with Gasteiger partial charge in [0.25, 0.3) is 0 Å². The topological polar surface area (TPSA) is 88.5 Å². The van der Waals surface area contributed by atoms with Gasteiger partial charge in [0, 0.05) is 30.5 Å². The van der Waals surface area contributed by atoms with Gasteiger partial charge in [0.05, 0.1) is 11.9 Å². The molecule has 30 heavy (non-hydrogen) atoms. The average Bonchev–Trinajstić information content (AvgIpc) is 3.36. The van der Waals surface area contributed by atoms with E-state index in [2.05, 4.69) is 46.4 Å². The summed E-state index contributed by atoms with van der Waals surface area (Å²) >= 11 is 0. The second-order valence-electron chi connectivity index (χ2n) is 7.89. The normalized spacial score (nSPS) is 12.2. The Morgan fingerprint density at radius 1 is 1.17 bits per heavy atom. The second kappa shape index (κ2) is 9.56. The molecule has 7 nitrogen and oxygen atoms in total. The lowest BCUT2D eigenvalue weighted by molar-refractivity contribution is 0.383. The number of guanidine groups is 1. The van der Waals surface area contributed by atoms with Gasteiger partial charge in [-0.3, -0.25) is 0 Å². The maximum atomic E-state index is 13.1. The van der Waals surface area contributed by atoms with Crippen molar-refractivity contribution in [2.45, 2.75) is 46.1 Å². The molecule has 3 aromatic rings. The molecule has 0 unspecified atom stereocenters. The molecule has 0 atom stereocenters. The highest BCUT2D eigenvalue weighted by Crippen LogP contribution is 2.23. The SMILES string of the molecule is CCNC(=NCc1ncc(C(C)(C)C)o1)NCCc1coc(-c2ccc(F)cc2)n1. The Balaban J connectivity index is 1.54. The van der Waals surface area contributed by atoms with E-state index in [0.717, 1.165) is 23.6 Å². The number of aliphatic imine (C=N–C) groups is 1. The largest absolute Gasteiger partial charge is 0.444 e. The Labute approximate surface area is 175 Å². The lowest BCUT2D eigenvalue weighted by atomic mass is 9.94. The van der Waals surface area contributed by atoms with E-state index < -0.39 is 0 Å². The number of rotatable bonds is 7. The zero-order chi connectivity index (χ0) is 21.6. The first-order chi connectivity index (χ1) is 14.3. The molecule has 3 rings (SSSR count). The van der Waals surface area contributed by atoms with Gasteiger partial charge in [-0.2, -0.15) is 0 Å². The summed E-state index contributed by atoms with van der Waals surface area (Å²) in [5.74, 6) is 2.29. The third-order valence-electron chi connectivity index (χ3n) is 4.33. The number of nitrogens with zero attached hydrogens (tertiary/aromatic N) is 3. The molecule has 8 heteroatoms. The summed E-state index contributed by atoms with van der Waals surface area (Å²) in [6.07, 6.45) is 4.03. The van der Waals surface area contributed by atoms with Crippen LogP contribution in [0.5, 0.6) is 0 Å². The van der Waals surface area contributed by atoms with Gasteiger partial charge in [0.15, 0.2) is 5.96 Å². The maximum Gasteiger partial charge on any atom is 0.226 e. The number of nitrogens with one attached hydrogen (secondary N) is 2. The highest BCUT2D eigenvalue weighted by Gasteiger charge is 2.19. The minimum absolute atomic E-state index is 0.0813. The van der Waals surface area contributed by atoms with Gasteiger partial charge in [-0.15, -0.1) is 0 Å². The van der Waals surface area contributed by atoms with Crippen LogP contribution in [0.3, 0.4) is 0 Å². The van der Waals surface area contributed by atoms with Crippen LogP contribution in [-0.2, 0) is 18.4 Å². The van der Waals surface area contributed by atoms with Crippen LogP contribution < -0.4 is 10.6 Å². The molecule has 2 N–H and O–H groups in total. The molecule has 2 heterocycles. The van der Waals surface area contributed by atoms with Crippen molar-refractivity contribution in [3.8, 4) is 11.5 Å². The van der Waals surface area contributed by atoms with Crippen LogP contribution in [-0.4, -0.2) is 29.0 Å². The van der Waals surface area contributed by atoms with Crippen molar-refractivity contribution in [3.05, 3.63) is 59.9 Å². The van der Waals surface area contributed by atoms with Crippen molar-refractivity contribution in [2.75, 3.05) is 13.1 Å². The molecule has 0 amide bonds. The molecule has 0 bridgehead atoms. The van der Waals surface area contributed by atoms with Crippen LogP contribution in [0, 0.1) is 5.82 Å². The van der Waals surface area contributed by atoms with E-state index in [1.165, 1.54) is 12.1 Å². The molecule has 2 aromatic heterocycles. The zero-order valence-corrected chi connectivity index (χ0v) is 17.8. The predicted octanol–water partition coefficient (Wildman–Crippen LogP) is 4.06. The number of aromatic nitrogens is 2.